The zero-order chi connectivity index (χ0) is 50.5. The van der Waals surface area contributed by atoms with Crippen molar-refractivity contribution in [1.29, 1.82) is 0 Å². The molecule has 358 valence electrons. The Morgan fingerprint density at radius 2 is 0.731 bits per heavy atom. The third-order valence-electron chi connectivity index (χ3n) is 17.6. The molecule has 19 aromatic rings. The first-order chi connectivity index (χ1) is 38.7. The maximum absolute atomic E-state index is 5.73. The fraction of sp³-hybridized carbons (Fsp3) is 0. The van der Waals surface area contributed by atoms with E-state index >= 15 is 0 Å². The molecule has 0 saturated carbocycles. The average molecular weight is 988 g/mol. The van der Waals surface area contributed by atoms with E-state index in [4.69, 9.17) is 4.98 Å². The van der Waals surface area contributed by atoms with Crippen molar-refractivity contribution in [3.63, 3.8) is 0 Å². The van der Waals surface area contributed by atoms with Crippen LogP contribution in [-0.2, 0) is 0 Å². The first-order valence-corrected chi connectivity index (χ1v) is 27.0. The number of hydrogen-bond donors (Lipinski definition) is 0. The lowest BCUT2D eigenvalue weighted by Gasteiger charge is -2.10. The molecule has 12 aromatic carbocycles. The highest BCUT2D eigenvalue weighted by Crippen LogP contribution is 2.52. The molecule has 0 amide bonds. The van der Waals surface area contributed by atoms with Crippen molar-refractivity contribution in [2.45, 2.75) is 0 Å². The molecule has 5 nitrogen and oxygen atoms in total. The van der Waals surface area contributed by atoms with Gasteiger partial charge in [0, 0.05) is 87.1 Å². The fourth-order valence-electron chi connectivity index (χ4n) is 14.5. The van der Waals surface area contributed by atoms with Crippen LogP contribution in [0.25, 0.3) is 175 Å². The molecule has 19 rings (SSSR count). The van der Waals surface area contributed by atoms with Crippen LogP contribution in [0.3, 0.4) is 0 Å². The summed E-state index contributed by atoms with van der Waals surface area (Å²) >= 11 is 0. The molecule has 0 saturated heterocycles. The molecule has 0 aliphatic carbocycles. The maximum Gasteiger partial charge on any atom is 0.146 e. The third-order valence-corrected chi connectivity index (χ3v) is 17.6. The number of rotatable bonds is 4. The third kappa shape index (κ3) is 5.04. The highest BCUT2D eigenvalue weighted by Gasteiger charge is 2.29. The second-order valence-electron chi connectivity index (χ2n) is 21.4. The lowest BCUT2D eigenvalue weighted by molar-refractivity contribution is 1.18. The normalized spacial score (nSPS) is 12.6. The Kier molecular flexibility index (Phi) is 7.68. The number of para-hydroxylation sites is 6. The molecule has 0 fully saturated rings. The largest absolute Gasteiger partial charge is 0.309 e. The Morgan fingerprint density at radius 1 is 0.256 bits per heavy atom. The van der Waals surface area contributed by atoms with Gasteiger partial charge in [-0.25, -0.2) is 4.98 Å². The molecule has 78 heavy (non-hydrogen) atoms. The van der Waals surface area contributed by atoms with Crippen LogP contribution in [0.2, 0.25) is 0 Å². The van der Waals surface area contributed by atoms with Crippen molar-refractivity contribution < 1.29 is 0 Å². The Bertz CT molecular complexity index is 5790. The number of pyridine rings is 1. The zero-order valence-corrected chi connectivity index (χ0v) is 41.9. The number of hydrogen-bond acceptors (Lipinski definition) is 1. The second kappa shape index (κ2) is 14.7. The van der Waals surface area contributed by atoms with Gasteiger partial charge < -0.3 is 13.5 Å². The number of fused-ring (bicyclic) bond motifs is 23. The molecule has 0 spiro atoms. The van der Waals surface area contributed by atoms with Gasteiger partial charge in [0.2, 0.25) is 0 Å². The van der Waals surface area contributed by atoms with E-state index in [2.05, 4.69) is 267 Å². The van der Waals surface area contributed by atoms with E-state index in [9.17, 15) is 0 Å². The SMILES string of the molecule is c1ccc(-n2c3ccccc3c3cc(-c4cccc5c6c7ccccc7cc7c8c9c%10c%11ccccc%11cc%11c%12cccc(-c%13ccc%14c(c%13)c%13ccccc%13n%14-c%13ccccc%13)c%12n(c9ncc8n(c45)c76)c%11%10)ccc32)cc1. The first kappa shape index (κ1) is 40.8. The molecule has 5 heteroatoms. The predicted molar refractivity (Wildman–Crippen MR) is 328 cm³/mol. The van der Waals surface area contributed by atoms with Crippen LogP contribution < -0.4 is 0 Å². The van der Waals surface area contributed by atoms with E-state index in [1.807, 2.05) is 0 Å². The molecule has 0 aliphatic heterocycles. The van der Waals surface area contributed by atoms with Crippen molar-refractivity contribution in [3.8, 4) is 33.6 Å². The molecule has 0 radical (unpaired) electrons. The Hall–Kier alpha value is -10.5. The zero-order valence-electron chi connectivity index (χ0n) is 41.9. The standard InChI is InChI=1S/C73H41N5/c1-3-19-46(20-4-1)75-60-31-13-11-25-52(60)56-37-44(33-35-62(56)75)50-27-15-29-54-58-39-42-17-8-10-24-49(42)67-68-66-59-40-43-18-7-9-23-48(43)65-55-30-16-28-51(70(55)77(72(59)65)64(66)41-74-73(68)78(69(50)54)71(58)67)45-34-36-63-57(38-45)53-26-12-14-32-61(53)76(63)47-21-5-2-6-22-47/h1-41H. The fourth-order valence-corrected chi connectivity index (χ4v) is 14.5. The lowest BCUT2D eigenvalue weighted by atomic mass is 9.95. The summed E-state index contributed by atoms with van der Waals surface area (Å²) in [5.41, 5.74) is 18.8. The van der Waals surface area contributed by atoms with Gasteiger partial charge in [-0.3, -0.25) is 4.40 Å². The van der Waals surface area contributed by atoms with Crippen LogP contribution in [-0.4, -0.2) is 22.9 Å². The summed E-state index contributed by atoms with van der Waals surface area (Å²) in [6.07, 6.45) is 2.18. The summed E-state index contributed by atoms with van der Waals surface area (Å²) < 4.78 is 9.89. The maximum atomic E-state index is 5.73. The molecule has 0 atom stereocenters. The van der Waals surface area contributed by atoms with Crippen LogP contribution in [0.15, 0.2) is 249 Å². The monoisotopic (exact) mass is 987 g/mol. The highest BCUT2D eigenvalue weighted by molar-refractivity contribution is 6.41. The predicted octanol–water partition coefficient (Wildman–Crippen LogP) is 19.2. The van der Waals surface area contributed by atoms with Crippen molar-refractivity contribution >= 4 is 141 Å². The Labute approximate surface area is 444 Å². The van der Waals surface area contributed by atoms with Gasteiger partial charge in [-0.15, -0.1) is 0 Å². The van der Waals surface area contributed by atoms with E-state index in [-0.39, 0.29) is 0 Å². The van der Waals surface area contributed by atoms with Gasteiger partial charge in [-0.2, -0.15) is 0 Å². The molecule has 0 N–H and O–H groups in total. The van der Waals surface area contributed by atoms with Gasteiger partial charge in [-0.05, 0) is 105 Å². The highest BCUT2D eigenvalue weighted by atomic mass is 15.0. The van der Waals surface area contributed by atoms with E-state index in [0.717, 1.165) is 22.5 Å². The van der Waals surface area contributed by atoms with Crippen molar-refractivity contribution in [3.05, 3.63) is 249 Å². The summed E-state index contributed by atoms with van der Waals surface area (Å²) in [5, 5.41) is 19.8. The Morgan fingerprint density at radius 3 is 1.35 bits per heavy atom. The van der Waals surface area contributed by atoms with Crippen molar-refractivity contribution in [2.24, 2.45) is 0 Å². The van der Waals surface area contributed by atoms with Crippen molar-refractivity contribution in [1.82, 2.24) is 22.9 Å². The number of aromatic nitrogens is 5. The minimum Gasteiger partial charge on any atom is -0.309 e. The van der Waals surface area contributed by atoms with Gasteiger partial charge in [0.1, 0.15) is 5.65 Å². The van der Waals surface area contributed by atoms with Crippen LogP contribution in [0.5, 0.6) is 0 Å². The van der Waals surface area contributed by atoms with Crippen LogP contribution in [0, 0.1) is 0 Å². The summed E-state index contributed by atoms with van der Waals surface area (Å²) in [7, 11) is 0. The van der Waals surface area contributed by atoms with E-state index in [1.165, 1.54) is 153 Å². The summed E-state index contributed by atoms with van der Waals surface area (Å²) in [6, 6.07) is 89.9. The van der Waals surface area contributed by atoms with Crippen LogP contribution in [0.1, 0.15) is 0 Å². The Balaban J connectivity index is 0.938. The minimum absolute atomic E-state index is 0.978. The van der Waals surface area contributed by atoms with E-state index in [1.54, 1.807) is 0 Å². The molecule has 0 bridgehead atoms. The molecular formula is C73H41N5. The van der Waals surface area contributed by atoms with Gasteiger partial charge in [0.05, 0.1) is 55.8 Å². The summed E-state index contributed by atoms with van der Waals surface area (Å²) in [6.45, 7) is 0. The van der Waals surface area contributed by atoms with Gasteiger partial charge >= 0.3 is 0 Å². The van der Waals surface area contributed by atoms with Gasteiger partial charge in [-0.1, -0.05) is 170 Å². The summed E-state index contributed by atoms with van der Waals surface area (Å²) in [4.78, 5) is 5.73. The molecule has 0 unspecified atom stereocenters. The van der Waals surface area contributed by atoms with Gasteiger partial charge in [0.15, 0.2) is 0 Å². The van der Waals surface area contributed by atoms with E-state index < -0.39 is 0 Å². The molecular weight excluding hydrogens is 947 g/mol. The molecule has 7 aromatic heterocycles. The smallest absolute Gasteiger partial charge is 0.146 e. The van der Waals surface area contributed by atoms with Crippen LogP contribution in [0.4, 0.5) is 0 Å². The molecule has 0 aliphatic rings. The number of nitrogens with zero attached hydrogens (tertiary/aromatic N) is 5. The van der Waals surface area contributed by atoms with Crippen molar-refractivity contribution in [2.75, 3.05) is 0 Å². The number of benzene rings is 12. The summed E-state index contributed by atoms with van der Waals surface area (Å²) in [5.74, 6) is 0. The minimum atomic E-state index is 0.978. The topological polar surface area (TPSA) is 31.6 Å². The van der Waals surface area contributed by atoms with Gasteiger partial charge in [0.25, 0.3) is 0 Å². The quantitative estimate of drug-likeness (QED) is 0.173. The first-order valence-electron chi connectivity index (χ1n) is 27.0. The van der Waals surface area contributed by atoms with Crippen LogP contribution >= 0.6 is 0 Å². The average Bonchev–Trinajstić information content (AvgIpc) is 4.15. The lowest BCUT2D eigenvalue weighted by Crippen LogP contribution is -1.93. The molecule has 7 heterocycles. The second-order valence-corrected chi connectivity index (χ2v) is 21.4. The van der Waals surface area contributed by atoms with E-state index in [0.29, 0.717) is 0 Å².